The summed E-state index contributed by atoms with van der Waals surface area (Å²) in [4.78, 5) is 12.2. The second-order valence-electron chi connectivity index (χ2n) is 6.15. The topological polar surface area (TPSA) is 47.6 Å². The summed E-state index contributed by atoms with van der Waals surface area (Å²) in [5.41, 5.74) is -0.233. The Kier molecular flexibility index (Phi) is 5.17. The molecule has 2 unspecified atom stereocenters. The van der Waals surface area contributed by atoms with Crippen LogP contribution >= 0.6 is 0 Å². The quantitative estimate of drug-likeness (QED) is 0.604. The van der Waals surface area contributed by atoms with Gasteiger partial charge in [0.1, 0.15) is 5.54 Å². The van der Waals surface area contributed by atoms with Crippen molar-refractivity contribution < 1.29 is 14.3 Å². The molecule has 2 atom stereocenters. The lowest BCUT2D eigenvalue weighted by Crippen LogP contribution is -2.61. The first-order chi connectivity index (χ1) is 8.38. The Morgan fingerprint density at radius 3 is 2.50 bits per heavy atom. The lowest BCUT2D eigenvalue weighted by molar-refractivity contribution is -0.154. The number of methoxy groups -OCH3 is 2. The summed E-state index contributed by atoms with van der Waals surface area (Å²) in [5, 5.41) is 3.37. The van der Waals surface area contributed by atoms with Gasteiger partial charge in [-0.05, 0) is 30.6 Å². The highest BCUT2D eigenvalue weighted by molar-refractivity contribution is 5.81. The zero-order chi connectivity index (χ0) is 13.8. The molecule has 0 bridgehead atoms. The average Bonchev–Trinajstić information content (AvgIpc) is 2.31. The van der Waals surface area contributed by atoms with Crippen molar-refractivity contribution in [2.24, 2.45) is 11.3 Å². The van der Waals surface area contributed by atoms with Gasteiger partial charge in [-0.3, -0.25) is 10.1 Å². The van der Waals surface area contributed by atoms with Crippen molar-refractivity contribution in [3.63, 3.8) is 0 Å². The summed E-state index contributed by atoms with van der Waals surface area (Å²) >= 11 is 0. The van der Waals surface area contributed by atoms with E-state index in [-0.39, 0.29) is 11.9 Å². The van der Waals surface area contributed by atoms with Crippen LogP contribution < -0.4 is 5.32 Å². The second-order valence-corrected chi connectivity index (χ2v) is 6.15. The minimum Gasteiger partial charge on any atom is -0.468 e. The Labute approximate surface area is 110 Å². The van der Waals surface area contributed by atoms with Gasteiger partial charge in [-0.15, -0.1) is 0 Å². The molecule has 0 heterocycles. The van der Waals surface area contributed by atoms with Crippen molar-refractivity contribution in [3.8, 4) is 0 Å². The monoisotopic (exact) mass is 257 g/mol. The molecule has 4 heteroatoms. The summed E-state index contributed by atoms with van der Waals surface area (Å²) in [6.45, 7) is 7.95. The highest BCUT2D eigenvalue weighted by Crippen LogP contribution is 2.44. The van der Waals surface area contributed by atoms with Crippen LogP contribution in [0.2, 0.25) is 0 Å². The van der Waals surface area contributed by atoms with Crippen LogP contribution in [-0.2, 0) is 14.3 Å². The maximum atomic E-state index is 12.2. The van der Waals surface area contributed by atoms with E-state index in [1.165, 1.54) is 7.11 Å². The molecular weight excluding hydrogens is 230 g/mol. The molecule has 106 valence electrons. The van der Waals surface area contributed by atoms with Gasteiger partial charge in [0.25, 0.3) is 0 Å². The lowest BCUT2D eigenvalue weighted by Gasteiger charge is -2.46. The first-order valence-electron chi connectivity index (χ1n) is 6.70. The van der Waals surface area contributed by atoms with Crippen molar-refractivity contribution in [2.45, 2.75) is 45.6 Å². The number of esters is 1. The van der Waals surface area contributed by atoms with Gasteiger partial charge >= 0.3 is 5.97 Å². The molecule has 0 aliphatic heterocycles. The summed E-state index contributed by atoms with van der Waals surface area (Å²) in [6.07, 6.45) is 2.89. The standard InChI is InChI=1S/C14H27NO3/c1-11-10-13(2,3)6-7-14(11,12(16)18-5)15-8-9-17-4/h11,15H,6-10H2,1-5H3. The highest BCUT2D eigenvalue weighted by Gasteiger charge is 2.49. The van der Waals surface area contributed by atoms with Crippen LogP contribution in [0.15, 0.2) is 0 Å². The van der Waals surface area contributed by atoms with E-state index in [0.717, 1.165) is 19.3 Å². The van der Waals surface area contributed by atoms with Gasteiger partial charge in [0.05, 0.1) is 13.7 Å². The molecule has 1 fully saturated rings. The fraction of sp³-hybridized carbons (Fsp3) is 0.929. The fourth-order valence-electron chi connectivity index (χ4n) is 3.08. The molecule has 0 spiro atoms. The van der Waals surface area contributed by atoms with Crippen molar-refractivity contribution in [1.82, 2.24) is 5.32 Å². The first-order valence-corrected chi connectivity index (χ1v) is 6.70. The minimum absolute atomic E-state index is 0.137. The van der Waals surface area contributed by atoms with Crippen LogP contribution in [0.25, 0.3) is 0 Å². The normalized spacial score (nSPS) is 31.1. The van der Waals surface area contributed by atoms with Crippen LogP contribution in [0, 0.1) is 11.3 Å². The maximum Gasteiger partial charge on any atom is 0.326 e. The van der Waals surface area contributed by atoms with Crippen LogP contribution in [-0.4, -0.2) is 38.9 Å². The van der Waals surface area contributed by atoms with Crippen LogP contribution in [0.4, 0.5) is 0 Å². The molecule has 0 aromatic carbocycles. The van der Waals surface area contributed by atoms with E-state index in [0.29, 0.717) is 18.6 Å². The highest BCUT2D eigenvalue weighted by atomic mass is 16.5. The van der Waals surface area contributed by atoms with Gasteiger partial charge in [-0.25, -0.2) is 0 Å². The predicted molar refractivity (Wildman–Crippen MR) is 71.4 cm³/mol. The number of carbonyl (C=O) groups is 1. The molecule has 4 nitrogen and oxygen atoms in total. The molecule has 1 aliphatic rings. The van der Waals surface area contributed by atoms with Gasteiger partial charge in [-0.1, -0.05) is 20.8 Å². The van der Waals surface area contributed by atoms with Crippen LogP contribution in [0.5, 0.6) is 0 Å². The second kappa shape index (κ2) is 6.02. The van der Waals surface area contributed by atoms with Crippen molar-refractivity contribution in [2.75, 3.05) is 27.4 Å². The van der Waals surface area contributed by atoms with Crippen LogP contribution in [0.1, 0.15) is 40.0 Å². The number of ether oxygens (including phenoxy) is 2. The number of rotatable bonds is 5. The Morgan fingerprint density at radius 1 is 1.33 bits per heavy atom. The van der Waals surface area contributed by atoms with Gasteiger partial charge in [0.2, 0.25) is 0 Å². The van der Waals surface area contributed by atoms with Gasteiger partial charge in [-0.2, -0.15) is 0 Å². The fourth-order valence-corrected chi connectivity index (χ4v) is 3.08. The third-order valence-corrected chi connectivity index (χ3v) is 4.19. The number of hydrogen-bond acceptors (Lipinski definition) is 4. The molecule has 0 aromatic rings. The van der Waals surface area contributed by atoms with Crippen molar-refractivity contribution >= 4 is 5.97 Å². The zero-order valence-corrected chi connectivity index (χ0v) is 12.3. The molecule has 1 N–H and O–H groups in total. The summed E-state index contributed by atoms with van der Waals surface area (Å²) < 4.78 is 10.1. The Morgan fingerprint density at radius 2 is 2.00 bits per heavy atom. The van der Waals surface area contributed by atoms with E-state index in [2.05, 4.69) is 26.1 Å². The smallest absolute Gasteiger partial charge is 0.326 e. The molecule has 18 heavy (non-hydrogen) atoms. The summed E-state index contributed by atoms with van der Waals surface area (Å²) in [6, 6.07) is 0. The average molecular weight is 257 g/mol. The van der Waals surface area contributed by atoms with Crippen molar-refractivity contribution in [3.05, 3.63) is 0 Å². The number of nitrogens with one attached hydrogen (secondary N) is 1. The molecule has 1 saturated carbocycles. The third kappa shape index (κ3) is 3.23. The van der Waals surface area contributed by atoms with Gasteiger partial charge in [0, 0.05) is 13.7 Å². The zero-order valence-electron chi connectivity index (χ0n) is 12.3. The number of carbonyl (C=O) groups excluding carboxylic acids is 1. The Balaban J connectivity index is 2.81. The van der Waals surface area contributed by atoms with Gasteiger partial charge < -0.3 is 9.47 Å². The van der Waals surface area contributed by atoms with E-state index >= 15 is 0 Å². The molecule has 0 saturated heterocycles. The SMILES string of the molecule is COCCNC1(C(=O)OC)CCC(C)(C)CC1C. The lowest BCUT2D eigenvalue weighted by atomic mass is 9.63. The van der Waals surface area contributed by atoms with Crippen molar-refractivity contribution in [1.29, 1.82) is 0 Å². The minimum atomic E-state index is -0.539. The van der Waals surface area contributed by atoms with Gasteiger partial charge in [0.15, 0.2) is 0 Å². The van der Waals surface area contributed by atoms with E-state index in [1.807, 2.05) is 0 Å². The summed E-state index contributed by atoms with van der Waals surface area (Å²) in [5.74, 6) is 0.132. The molecule has 1 aliphatic carbocycles. The third-order valence-electron chi connectivity index (χ3n) is 4.19. The van der Waals surface area contributed by atoms with E-state index in [4.69, 9.17) is 9.47 Å². The maximum absolute atomic E-state index is 12.2. The Hall–Kier alpha value is -0.610. The van der Waals surface area contributed by atoms with Crippen LogP contribution in [0.3, 0.4) is 0 Å². The van der Waals surface area contributed by atoms with E-state index in [9.17, 15) is 4.79 Å². The molecular formula is C14H27NO3. The molecule has 0 amide bonds. The molecule has 0 radical (unpaired) electrons. The number of hydrogen-bond donors (Lipinski definition) is 1. The Bertz CT molecular complexity index is 291. The van der Waals surface area contributed by atoms with E-state index in [1.54, 1.807) is 7.11 Å². The predicted octanol–water partition coefficient (Wildman–Crippen LogP) is 1.98. The summed E-state index contributed by atoms with van der Waals surface area (Å²) in [7, 11) is 3.13. The largest absolute Gasteiger partial charge is 0.468 e. The molecule has 0 aromatic heterocycles. The molecule has 1 rings (SSSR count). The van der Waals surface area contributed by atoms with E-state index < -0.39 is 5.54 Å². The first kappa shape index (κ1) is 15.4.